The van der Waals surface area contributed by atoms with Gasteiger partial charge in [-0.3, -0.25) is 14.4 Å². The normalized spacial score (nSPS) is 16.3. The molecule has 7 nitrogen and oxygen atoms in total. The van der Waals surface area contributed by atoms with Crippen LogP contribution in [0.5, 0.6) is 0 Å². The summed E-state index contributed by atoms with van der Waals surface area (Å²) in [4.78, 5) is 38.6. The molecule has 168 valence electrons. The highest BCUT2D eigenvalue weighted by Gasteiger charge is 2.32. The second kappa shape index (κ2) is 10.2. The number of nitrogens with zero attached hydrogens (tertiary/aromatic N) is 2. The number of amides is 3. The molecule has 1 aliphatic rings. The minimum atomic E-state index is -0.940. The van der Waals surface area contributed by atoms with Crippen molar-refractivity contribution in [3.8, 4) is 0 Å². The van der Waals surface area contributed by atoms with Crippen LogP contribution >= 0.6 is 0 Å². The van der Waals surface area contributed by atoms with Crippen molar-refractivity contribution in [2.45, 2.75) is 38.8 Å². The van der Waals surface area contributed by atoms with E-state index >= 15 is 0 Å². The van der Waals surface area contributed by atoms with Gasteiger partial charge in [0, 0.05) is 12.6 Å². The van der Waals surface area contributed by atoms with Crippen LogP contribution in [0.4, 0.5) is 4.39 Å². The van der Waals surface area contributed by atoms with Gasteiger partial charge in [0.1, 0.15) is 17.9 Å². The molecule has 0 spiro atoms. The number of fused-ring (bicyclic) bond motifs is 1. The Labute approximate surface area is 186 Å². The first-order valence-electron chi connectivity index (χ1n) is 10.5. The highest BCUT2D eigenvalue weighted by molar-refractivity contribution is 5.96. The van der Waals surface area contributed by atoms with Crippen LogP contribution in [-0.4, -0.2) is 42.0 Å². The Balaban J connectivity index is 1.78. The molecular weight excluding hydrogens is 411 g/mol. The lowest BCUT2D eigenvalue weighted by Crippen LogP contribution is -2.50. The average molecular weight is 439 g/mol. The molecule has 3 amide bonds. The largest absolute Gasteiger partial charge is 0.344 e. The minimum absolute atomic E-state index is 0.0997. The molecule has 0 saturated carbocycles. The van der Waals surface area contributed by atoms with Crippen LogP contribution < -0.4 is 10.6 Å². The summed E-state index contributed by atoms with van der Waals surface area (Å²) in [6.07, 6.45) is 1.75. The van der Waals surface area contributed by atoms with Crippen molar-refractivity contribution in [3.63, 3.8) is 0 Å². The summed E-state index contributed by atoms with van der Waals surface area (Å²) in [6, 6.07) is 11.4. The van der Waals surface area contributed by atoms with Crippen LogP contribution in [0.2, 0.25) is 0 Å². The van der Waals surface area contributed by atoms with E-state index in [-0.39, 0.29) is 23.8 Å². The number of carbonyl (C=O) groups excluding carboxylic acids is 3. The van der Waals surface area contributed by atoms with Gasteiger partial charge in [-0.05, 0) is 29.5 Å². The van der Waals surface area contributed by atoms with Crippen molar-refractivity contribution in [3.05, 3.63) is 71.0 Å². The van der Waals surface area contributed by atoms with Gasteiger partial charge in [-0.1, -0.05) is 56.3 Å². The third-order valence-corrected chi connectivity index (χ3v) is 5.20. The fraction of sp³-hybridized carbons (Fsp3) is 0.333. The fourth-order valence-corrected chi connectivity index (χ4v) is 3.56. The second-order valence-electron chi connectivity index (χ2n) is 8.19. The molecule has 2 atom stereocenters. The van der Waals surface area contributed by atoms with Crippen LogP contribution in [-0.2, 0) is 20.8 Å². The summed E-state index contributed by atoms with van der Waals surface area (Å²) < 4.78 is 13.9. The summed E-state index contributed by atoms with van der Waals surface area (Å²) in [5.74, 6) is -1.72. The molecule has 1 heterocycles. The van der Waals surface area contributed by atoms with Crippen LogP contribution in [0.15, 0.2) is 53.6 Å². The van der Waals surface area contributed by atoms with Gasteiger partial charge in [-0.25, -0.2) is 9.40 Å². The molecule has 32 heavy (non-hydrogen) atoms. The molecular formula is C24H27FN4O3. The van der Waals surface area contributed by atoms with Gasteiger partial charge in [-0.2, -0.15) is 5.10 Å². The molecule has 0 aromatic heterocycles. The number of likely N-dealkylation sites (N-methyl/N-ethyl adjacent to an activating group) is 1. The smallest absolute Gasteiger partial charge is 0.269 e. The van der Waals surface area contributed by atoms with Gasteiger partial charge in [0.05, 0.1) is 12.6 Å². The lowest BCUT2D eigenvalue weighted by molar-refractivity contribution is -0.136. The zero-order valence-corrected chi connectivity index (χ0v) is 18.3. The van der Waals surface area contributed by atoms with Crippen molar-refractivity contribution < 1.29 is 18.8 Å². The quantitative estimate of drug-likeness (QED) is 0.696. The average Bonchev–Trinajstić information content (AvgIpc) is 2.87. The molecule has 0 radical (unpaired) electrons. The van der Waals surface area contributed by atoms with Gasteiger partial charge >= 0.3 is 0 Å². The van der Waals surface area contributed by atoms with E-state index in [1.54, 1.807) is 30.5 Å². The number of halogens is 1. The molecule has 0 aliphatic carbocycles. The summed E-state index contributed by atoms with van der Waals surface area (Å²) in [7, 11) is 1.52. The molecule has 2 aromatic rings. The molecule has 1 unspecified atom stereocenters. The molecule has 8 heteroatoms. The van der Waals surface area contributed by atoms with E-state index in [9.17, 15) is 18.8 Å². The Bertz CT molecular complexity index is 1040. The van der Waals surface area contributed by atoms with E-state index in [1.807, 2.05) is 26.0 Å². The summed E-state index contributed by atoms with van der Waals surface area (Å²) in [6.45, 7) is 3.86. The van der Waals surface area contributed by atoms with Gasteiger partial charge in [0.2, 0.25) is 11.8 Å². The number of nitrogens with one attached hydrogen (secondary N) is 2. The standard InChI is InChI=1S/C24H27FN4O3/c1-15(2)12-20(27-21(30)13-16-8-5-7-11-19(16)25)23(31)28-22-18-10-6-4-9-17(18)14-26-29(3)24(22)32/h4-11,14-15,20,22H,12-13H2,1-3H3,(H,27,30)(H,28,31)/t20-,22?/m0/s1. The second-order valence-corrected chi connectivity index (χ2v) is 8.19. The first-order valence-corrected chi connectivity index (χ1v) is 10.5. The number of carbonyl (C=O) groups is 3. The third kappa shape index (κ3) is 5.57. The predicted molar refractivity (Wildman–Crippen MR) is 119 cm³/mol. The molecule has 0 bridgehead atoms. The fourth-order valence-electron chi connectivity index (χ4n) is 3.56. The van der Waals surface area contributed by atoms with Crippen LogP contribution in [0.25, 0.3) is 0 Å². The lowest BCUT2D eigenvalue weighted by atomic mass is 9.98. The minimum Gasteiger partial charge on any atom is -0.344 e. The Morgan fingerprint density at radius 3 is 2.53 bits per heavy atom. The molecule has 2 aromatic carbocycles. The van der Waals surface area contributed by atoms with E-state index in [0.717, 1.165) is 5.56 Å². The molecule has 1 aliphatic heterocycles. The first kappa shape index (κ1) is 23.1. The van der Waals surface area contributed by atoms with Gasteiger partial charge < -0.3 is 10.6 Å². The topological polar surface area (TPSA) is 90.9 Å². The molecule has 2 N–H and O–H groups in total. The zero-order chi connectivity index (χ0) is 23.3. The SMILES string of the molecule is CC(C)C[C@H](NC(=O)Cc1ccccc1F)C(=O)NC1C(=O)N(C)N=Cc2ccccc21. The Hall–Kier alpha value is -3.55. The van der Waals surface area contributed by atoms with Crippen LogP contribution in [0.3, 0.4) is 0 Å². The molecule has 0 saturated heterocycles. The Morgan fingerprint density at radius 1 is 1.12 bits per heavy atom. The summed E-state index contributed by atoms with van der Waals surface area (Å²) in [5, 5.41) is 10.8. The van der Waals surface area contributed by atoms with E-state index in [2.05, 4.69) is 15.7 Å². The molecule has 3 rings (SSSR count). The molecule has 0 fully saturated rings. The number of rotatable bonds is 7. The lowest BCUT2D eigenvalue weighted by Gasteiger charge is -2.25. The number of hydrazone groups is 1. The Kier molecular flexibility index (Phi) is 7.35. The highest BCUT2D eigenvalue weighted by atomic mass is 19.1. The zero-order valence-electron chi connectivity index (χ0n) is 18.3. The maximum Gasteiger partial charge on any atom is 0.269 e. The van der Waals surface area contributed by atoms with E-state index in [0.29, 0.717) is 12.0 Å². The third-order valence-electron chi connectivity index (χ3n) is 5.20. The van der Waals surface area contributed by atoms with Crippen molar-refractivity contribution in [1.29, 1.82) is 0 Å². The van der Waals surface area contributed by atoms with Crippen molar-refractivity contribution in [2.24, 2.45) is 11.0 Å². The van der Waals surface area contributed by atoms with Crippen LogP contribution in [0, 0.1) is 11.7 Å². The number of benzene rings is 2. The van der Waals surface area contributed by atoms with Gasteiger partial charge in [0.15, 0.2) is 0 Å². The van der Waals surface area contributed by atoms with Crippen molar-refractivity contribution in [1.82, 2.24) is 15.6 Å². The van der Waals surface area contributed by atoms with E-state index in [4.69, 9.17) is 0 Å². The highest BCUT2D eigenvalue weighted by Crippen LogP contribution is 2.22. The van der Waals surface area contributed by atoms with Gasteiger partial charge in [-0.15, -0.1) is 0 Å². The maximum absolute atomic E-state index is 13.9. The number of hydrogen-bond acceptors (Lipinski definition) is 4. The van der Waals surface area contributed by atoms with Crippen LogP contribution in [0.1, 0.15) is 43.0 Å². The predicted octanol–water partition coefficient (Wildman–Crippen LogP) is 2.56. The first-order chi connectivity index (χ1) is 15.3. The van der Waals surface area contributed by atoms with Gasteiger partial charge in [0.25, 0.3) is 5.91 Å². The van der Waals surface area contributed by atoms with E-state index in [1.165, 1.54) is 24.2 Å². The van der Waals surface area contributed by atoms with Crippen molar-refractivity contribution in [2.75, 3.05) is 7.05 Å². The summed E-state index contributed by atoms with van der Waals surface area (Å²) >= 11 is 0. The maximum atomic E-state index is 13.9. The number of hydrogen-bond donors (Lipinski definition) is 2. The monoisotopic (exact) mass is 438 g/mol. The van der Waals surface area contributed by atoms with Crippen molar-refractivity contribution >= 4 is 23.9 Å². The van der Waals surface area contributed by atoms with E-state index < -0.39 is 29.7 Å². The Morgan fingerprint density at radius 2 is 1.81 bits per heavy atom. The summed E-state index contributed by atoms with van der Waals surface area (Å²) in [5.41, 5.74) is 1.60.